The van der Waals surface area contributed by atoms with Gasteiger partial charge in [-0.1, -0.05) is 0 Å². The van der Waals surface area contributed by atoms with Crippen molar-refractivity contribution in [1.82, 2.24) is 14.9 Å². The van der Waals surface area contributed by atoms with Crippen LogP contribution in [0.25, 0.3) is 10.9 Å². The summed E-state index contributed by atoms with van der Waals surface area (Å²) < 4.78 is 25.1. The van der Waals surface area contributed by atoms with Gasteiger partial charge < -0.3 is 60.6 Å². The molecule has 0 amide bonds. The summed E-state index contributed by atoms with van der Waals surface area (Å²) in [4.78, 5) is 19.2. The molecule has 0 unspecified atom stereocenters. The molecule has 212 valence electrons. The van der Waals surface area contributed by atoms with Gasteiger partial charge in [-0.2, -0.15) is 4.98 Å². The molecule has 1 fully saturated rings. The van der Waals surface area contributed by atoms with Gasteiger partial charge in [0.15, 0.2) is 34.6 Å². The van der Waals surface area contributed by atoms with Crippen LogP contribution in [0.3, 0.4) is 0 Å². The molecule has 2 aromatic carbocycles. The van der Waals surface area contributed by atoms with Crippen LogP contribution in [0.15, 0.2) is 9.27 Å². The van der Waals surface area contributed by atoms with Crippen LogP contribution < -0.4 is 20.5 Å². The number of halogens is 2. The van der Waals surface area contributed by atoms with Gasteiger partial charge in [-0.15, -0.1) is 0 Å². The maximum atomic E-state index is 14.7. The number of hydrogen-bond donors (Lipinski definition) is 10. The number of benzene rings is 2. The minimum absolute atomic E-state index is 0.0328. The Balaban J connectivity index is 1.73. The molecule has 1 aliphatic rings. The fourth-order valence-electron chi connectivity index (χ4n) is 4.22. The van der Waals surface area contributed by atoms with E-state index in [-0.39, 0.29) is 37.1 Å². The molecular formula is C22H24BrFN4O11. The summed E-state index contributed by atoms with van der Waals surface area (Å²) in [6.45, 7) is 0.222. The van der Waals surface area contributed by atoms with Crippen LogP contribution in [0.4, 0.5) is 15.9 Å². The zero-order valence-electron chi connectivity index (χ0n) is 20.1. The van der Waals surface area contributed by atoms with Gasteiger partial charge >= 0.3 is 11.8 Å². The Morgan fingerprint density at radius 2 is 1.69 bits per heavy atom. The number of anilines is 2. The Morgan fingerprint density at radius 3 is 2.28 bits per heavy atom. The highest BCUT2D eigenvalue weighted by atomic mass is 79.9. The molecule has 2 heterocycles. The smallest absolute Gasteiger partial charge is 0.347 e. The lowest BCUT2D eigenvalue weighted by Gasteiger charge is -2.36. The average molecular weight is 619 g/mol. The molecule has 0 bridgehead atoms. The molecule has 10 N–H and O–H groups in total. The highest BCUT2D eigenvalue weighted by Gasteiger charge is 2.34. The highest BCUT2D eigenvalue weighted by Crippen LogP contribution is 2.53. The first-order valence-corrected chi connectivity index (χ1v) is 12.0. The molecule has 0 radical (unpaired) electrons. The molecule has 0 atom stereocenters. The standard InChI is InChI=1S/C22H24BrFN4O11/c1-38-18-13(29)8-11(17(33)19(18)39-6-7-2-4-28(5-3-7)22(35,36)37)26-21(34)27-20(8)25-12-10(24)14(30)9(23)15(31)16(12)32/h7,29-33,35-37H,2-6H2,1H3,(H2,25,26,27,34). The Labute approximate surface area is 226 Å². The second-order valence-corrected chi connectivity index (χ2v) is 9.51. The van der Waals surface area contributed by atoms with Crippen molar-refractivity contribution in [1.29, 1.82) is 0 Å². The number of fused-ring (bicyclic) bond motifs is 1. The molecule has 3 aromatic rings. The number of ether oxygens (including phenoxy) is 2. The number of aromatic hydroxyl groups is 5. The van der Waals surface area contributed by atoms with Crippen molar-refractivity contribution in [3.05, 3.63) is 20.8 Å². The third kappa shape index (κ3) is 5.13. The van der Waals surface area contributed by atoms with E-state index in [1.54, 1.807) is 0 Å². The Hall–Kier alpha value is -3.77. The van der Waals surface area contributed by atoms with Gasteiger partial charge in [0.2, 0.25) is 11.5 Å². The number of phenolic OH excluding ortho intramolecular Hbond substituents is 5. The van der Waals surface area contributed by atoms with E-state index in [4.69, 9.17) is 9.47 Å². The van der Waals surface area contributed by atoms with Crippen LogP contribution in [-0.4, -0.2) is 88.6 Å². The number of nitrogens with zero attached hydrogens (tertiary/aromatic N) is 2. The molecule has 39 heavy (non-hydrogen) atoms. The number of likely N-dealkylation sites (tertiary alicyclic amines) is 1. The fourth-order valence-corrected chi connectivity index (χ4v) is 4.59. The summed E-state index contributed by atoms with van der Waals surface area (Å²) in [6, 6.07) is 0. The minimum atomic E-state index is -2.95. The highest BCUT2D eigenvalue weighted by molar-refractivity contribution is 9.10. The van der Waals surface area contributed by atoms with Gasteiger partial charge in [-0.05, 0) is 34.7 Å². The first kappa shape index (κ1) is 28.2. The van der Waals surface area contributed by atoms with Crippen molar-refractivity contribution in [2.75, 3.05) is 32.1 Å². The molecule has 1 aromatic heterocycles. The van der Waals surface area contributed by atoms with Crippen LogP contribution >= 0.6 is 15.9 Å². The first-order chi connectivity index (χ1) is 18.3. The number of rotatable bonds is 7. The zero-order valence-corrected chi connectivity index (χ0v) is 21.7. The lowest BCUT2D eigenvalue weighted by atomic mass is 9.98. The first-order valence-electron chi connectivity index (χ1n) is 11.3. The Morgan fingerprint density at radius 1 is 1.05 bits per heavy atom. The monoisotopic (exact) mass is 618 g/mol. The topological polar surface area (TPSA) is 241 Å². The summed E-state index contributed by atoms with van der Waals surface area (Å²) >= 11 is 2.72. The number of methoxy groups -OCH3 is 1. The number of hydrogen-bond acceptors (Lipinski definition) is 14. The fraction of sp³-hybridized carbons (Fsp3) is 0.364. The van der Waals surface area contributed by atoms with E-state index in [1.165, 1.54) is 0 Å². The number of nitrogens with one attached hydrogen (secondary N) is 2. The van der Waals surface area contributed by atoms with Gasteiger partial charge in [-0.3, -0.25) is 0 Å². The largest absolute Gasteiger partial charge is 0.504 e. The third-order valence-electron chi connectivity index (χ3n) is 6.30. The summed E-state index contributed by atoms with van der Waals surface area (Å²) in [5.41, 5.74) is -2.37. The molecule has 4 rings (SSSR count). The summed E-state index contributed by atoms with van der Waals surface area (Å²) in [7, 11) is 1.15. The van der Waals surface area contributed by atoms with Gasteiger partial charge in [0.05, 0.1) is 19.1 Å². The molecule has 17 heteroatoms. The van der Waals surface area contributed by atoms with Crippen molar-refractivity contribution < 1.29 is 54.7 Å². The van der Waals surface area contributed by atoms with E-state index in [1.807, 2.05) is 0 Å². The van der Waals surface area contributed by atoms with Crippen molar-refractivity contribution >= 4 is 38.3 Å². The predicted molar refractivity (Wildman–Crippen MR) is 134 cm³/mol. The maximum absolute atomic E-state index is 14.7. The van der Waals surface area contributed by atoms with E-state index in [0.29, 0.717) is 12.8 Å². The number of piperidine rings is 1. The van der Waals surface area contributed by atoms with Gasteiger partial charge in [0, 0.05) is 13.1 Å². The number of H-pyrrole nitrogens is 1. The average Bonchev–Trinajstić information content (AvgIpc) is 2.89. The minimum Gasteiger partial charge on any atom is -0.504 e. The van der Waals surface area contributed by atoms with Crippen LogP contribution in [0.2, 0.25) is 0 Å². The molecule has 0 saturated carbocycles. The van der Waals surface area contributed by atoms with Crippen molar-refractivity contribution in [2.45, 2.75) is 18.9 Å². The lowest BCUT2D eigenvalue weighted by Crippen LogP contribution is -2.52. The molecule has 1 saturated heterocycles. The number of aromatic nitrogens is 2. The Bertz CT molecular complexity index is 1460. The summed E-state index contributed by atoms with van der Waals surface area (Å²) in [5, 5.41) is 81.8. The maximum Gasteiger partial charge on any atom is 0.347 e. The van der Waals surface area contributed by atoms with E-state index >= 15 is 0 Å². The number of aliphatic hydroxyl groups is 3. The molecule has 15 nitrogen and oxygen atoms in total. The lowest BCUT2D eigenvalue weighted by molar-refractivity contribution is -0.396. The van der Waals surface area contributed by atoms with Gasteiger partial charge in [0.1, 0.15) is 21.5 Å². The number of phenols is 5. The van der Waals surface area contributed by atoms with Crippen LogP contribution in [0, 0.1) is 11.7 Å². The van der Waals surface area contributed by atoms with Crippen LogP contribution in [0.5, 0.6) is 40.2 Å². The summed E-state index contributed by atoms with van der Waals surface area (Å²) in [5.74, 6) is -7.40. The molecular weight excluding hydrogens is 595 g/mol. The number of aromatic amines is 1. The second kappa shape index (κ2) is 10.4. The van der Waals surface area contributed by atoms with Gasteiger partial charge in [0.25, 0.3) is 0 Å². The predicted octanol–water partition coefficient (Wildman–Crippen LogP) is 0.784. The van der Waals surface area contributed by atoms with Crippen LogP contribution in [-0.2, 0) is 0 Å². The van der Waals surface area contributed by atoms with E-state index in [0.717, 1.165) is 12.0 Å². The summed E-state index contributed by atoms with van der Waals surface area (Å²) in [6.07, 6.45) is -2.19. The Kier molecular flexibility index (Phi) is 7.55. The van der Waals surface area contributed by atoms with E-state index in [9.17, 15) is 50.0 Å². The van der Waals surface area contributed by atoms with E-state index in [2.05, 4.69) is 31.2 Å². The quantitative estimate of drug-likeness (QED) is 0.0999. The van der Waals surface area contributed by atoms with Crippen molar-refractivity contribution in [3.63, 3.8) is 0 Å². The van der Waals surface area contributed by atoms with Gasteiger partial charge in [-0.25, -0.2) is 14.1 Å². The van der Waals surface area contributed by atoms with Crippen LogP contribution in [0.1, 0.15) is 12.8 Å². The normalized spacial score (nSPS) is 15.0. The SMILES string of the molecule is COc1c(OCC2CCN(C(O)(O)O)CC2)c(O)c2[nH]c(=O)nc(Nc3c(O)c(O)c(Br)c(O)c3F)c2c1O. The van der Waals surface area contributed by atoms with Crippen molar-refractivity contribution in [2.24, 2.45) is 5.92 Å². The molecule has 0 aliphatic carbocycles. The van der Waals surface area contributed by atoms with Crippen molar-refractivity contribution in [3.8, 4) is 40.2 Å². The molecule has 1 aliphatic heterocycles. The molecule has 0 spiro atoms. The van der Waals surface area contributed by atoms with E-state index < -0.39 is 73.2 Å². The second-order valence-electron chi connectivity index (χ2n) is 8.72. The zero-order chi connectivity index (χ0) is 28.8. The third-order valence-corrected chi connectivity index (χ3v) is 7.05.